The Morgan fingerprint density at radius 2 is 2.25 bits per heavy atom. The lowest BCUT2D eigenvalue weighted by Gasteiger charge is -2.12. The van der Waals surface area contributed by atoms with Gasteiger partial charge in [-0.3, -0.25) is 4.98 Å². The van der Waals surface area contributed by atoms with Gasteiger partial charge in [0, 0.05) is 12.7 Å². The molecule has 0 aliphatic heterocycles. The molecular weight excluding hydrogens is 196 g/mol. The SMILES string of the molecule is C1=C(CCNCc2ccccn2)CCCC1. The standard InChI is InChI=1S/C14H20N2/c1-2-6-13(7-3-1)9-11-15-12-14-8-4-5-10-16-14/h4-6,8,10,15H,1-3,7,9,11-12H2. The average Bonchev–Trinajstić information content (AvgIpc) is 2.37. The molecule has 1 aromatic heterocycles. The summed E-state index contributed by atoms with van der Waals surface area (Å²) in [6.07, 6.45) is 10.8. The number of rotatable bonds is 5. The number of hydrogen-bond acceptors (Lipinski definition) is 2. The van der Waals surface area contributed by atoms with E-state index in [0.717, 1.165) is 18.8 Å². The molecule has 0 atom stereocenters. The lowest BCUT2D eigenvalue weighted by Crippen LogP contribution is -2.16. The van der Waals surface area contributed by atoms with Gasteiger partial charge in [0.05, 0.1) is 5.69 Å². The minimum Gasteiger partial charge on any atom is -0.311 e. The third-order valence-electron chi connectivity index (χ3n) is 3.04. The van der Waals surface area contributed by atoms with Crippen molar-refractivity contribution in [3.63, 3.8) is 0 Å². The topological polar surface area (TPSA) is 24.9 Å². The first-order valence-electron chi connectivity index (χ1n) is 6.24. The second-order valence-electron chi connectivity index (χ2n) is 4.36. The number of pyridine rings is 1. The van der Waals surface area contributed by atoms with E-state index in [2.05, 4.69) is 22.4 Å². The second kappa shape index (κ2) is 6.44. The maximum Gasteiger partial charge on any atom is 0.0541 e. The Labute approximate surface area is 97.8 Å². The van der Waals surface area contributed by atoms with Gasteiger partial charge in [-0.2, -0.15) is 0 Å². The molecule has 1 aromatic rings. The molecule has 2 nitrogen and oxygen atoms in total. The van der Waals surface area contributed by atoms with Gasteiger partial charge in [-0.15, -0.1) is 0 Å². The van der Waals surface area contributed by atoms with E-state index in [0.29, 0.717) is 0 Å². The van der Waals surface area contributed by atoms with Gasteiger partial charge in [-0.05, 0) is 50.8 Å². The van der Waals surface area contributed by atoms with Crippen LogP contribution in [0.1, 0.15) is 37.8 Å². The fourth-order valence-electron chi connectivity index (χ4n) is 2.10. The predicted octanol–water partition coefficient (Wildman–Crippen LogP) is 3.06. The van der Waals surface area contributed by atoms with Gasteiger partial charge >= 0.3 is 0 Å². The van der Waals surface area contributed by atoms with Crippen LogP contribution in [0.2, 0.25) is 0 Å². The van der Waals surface area contributed by atoms with Crippen LogP contribution in [-0.2, 0) is 6.54 Å². The largest absolute Gasteiger partial charge is 0.311 e. The van der Waals surface area contributed by atoms with E-state index in [9.17, 15) is 0 Å². The molecule has 0 amide bonds. The molecule has 1 aliphatic carbocycles. The second-order valence-corrected chi connectivity index (χ2v) is 4.36. The maximum absolute atomic E-state index is 4.29. The zero-order valence-electron chi connectivity index (χ0n) is 9.78. The molecular formula is C14H20N2. The van der Waals surface area contributed by atoms with Crippen molar-refractivity contribution >= 4 is 0 Å². The van der Waals surface area contributed by atoms with Gasteiger partial charge in [0.15, 0.2) is 0 Å². The summed E-state index contributed by atoms with van der Waals surface area (Å²) in [6.45, 7) is 1.95. The Kier molecular flexibility index (Phi) is 4.56. The Morgan fingerprint density at radius 1 is 1.25 bits per heavy atom. The van der Waals surface area contributed by atoms with Gasteiger partial charge in [-0.1, -0.05) is 17.7 Å². The molecule has 0 bridgehead atoms. The van der Waals surface area contributed by atoms with E-state index in [-0.39, 0.29) is 0 Å². The molecule has 86 valence electrons. The zero-order valence-corrected chi connectivity index (χ0v) is 9.78. The van der Waals surface area contributed by atoms with Gasteiger partial charge in [0.2, 0.25) is 0 Å². The highest BCUT2D eigenvalue weighted by Gasteiger charge is 2.02. The molecule has 0 spiro atoms. The van der Waals surface area contributed by atoms with Gasteiger partial charge in [0.25, 0.3) is 0 Å². The predicted molar refractivity (Wildman–Crippen MR) is 67.1 cm³/mol. The molecule has 0 unspecified atom stereocenters. The molecule has 0 saturated carbocycles. The number of nitrogens with zero attached hydrogens (tertiary/aromatic N) is 1. The van der Waals surface area contributed by atoms with Crippen LogP contribution in [0.15, 0.2) is 36.0 Å². The molecule has 1 heterocycles. The minimum atomic E-state index is 0.883. The van der Waals surface area contributed by atoms with E-state index in [1.807, 2.05) is 18.3 Å². The Morgan fingerprint density at radius 3 is 3.00 bits per heavy atom. The minimum absolute atomic E-state index is 0.883. The van der Waals surface area contributed by atoms with Crippen molar-refractivity contribution < 1.29 is 0 Å². The Hall–Kier alpha value is -1.15. The van der Waals surface area contributed by atoms with Crippen LogP contribution in [0.5, 0.6) is 0 Å². The van der Waals surface area contributed by atoms with E-state index in [1.165, 1.54) is 32.1 Å². The van der Waals surface area contributed by atoms with Gasteiger partial charge in [0.1, 0.15) is 0 Å². The summed E-state index contributed by atoms with van der Waals surface area (Å²) in [4.78, 5) is 4.29. The summed E-state index contributed by atoms with van der Waals surface area (Å²) < 4.78 is 0. The van der Waals surface area contributed by atoms with Crippen LogP contribution in [-0.4, -0.2) is 11.5 Å². The van der Waals surface area contributed by atoms with E-state index in [1.54, 1.807) is 5.57 Å². The smallest absolute Gasteiger partial charge is 0.0541 e. The fraction of sp³-hybridized carbons (Fsp3) is 0.500. The van der Waals surface area contributed by atoms with Gasteiger partial charge in [-0.25, -0.2) is 0 Å². The van der Waals surface area contributed by atoms with Crippen LogP contribution in [0.25, 0.3) is 0 Å². The summed E-state index contributed by atoms with van der Waals surface area (Å²) in [5.74, 6) is 0. The van der Waals surface area contributed by atoms with Crippen molar-refractivity contribution in [2.24, 2.45) is 0 Å². The first-order chi connectivity index (χ1) is 7.95. The van der Waals surface area contributed by atoms with Crippen LogP contribution < -0.4 is 5.32 Å². The third kappa shape index (κ3) is 3.78. The van der Waals surface area contributed by atoms with Crippen molar-refractivity contribution in [3.8, 4) is 0 Å². The maximum atomic E-state index is 4.29. The summed E-state index contributed by atoms with van der Waals surface area (Å²) in [5.41, 5.74) is 2.76. The Bertz CT molecular complexity index is 330. The van der Waals surface area contributed by atoms with E-state index in [4.69, 9.17) is 0 Å². The highest BCUT2D eigenvalue weighted by atomic mass is 14.9. The lowest BCUT2D eigenvalue weighted by molar-refractivity contribution is 0.627. The molecule has 0 fully saturated rings. The highest BCUT2D eigenvalue weighted by Crippen LogP contribution is 2.19. The van der Waals surface area contributed by atoms with E-state index >= 15 is 0 Å². The molecule has 1 N–H and O–H groups in total. The summed E-state index contributed by atoms with van der Waals surface area (Å²) in [7, 11) is 0. The quantitative estimate of drug-likeness (QED) is 0.604. The average molecular weight is 216 g/mol. The normalized spacial score (nSPS) is 15.9. The van der Waals surface area contributed by atoms with Crippen molar-refractivity contribution in [3.05, 3.63) is 41.7 Å². The molecule has 16 heavy (non-hydrogen) atoms. The molecule has 0 radical (unpaired) electrons. The Balaban J connectivity index is 1.63. The molecule has 1 aliphatic rings. The van der Waals surface area contributed by atoms with Gasteiger partial charge < -0.3 is 5.32 Å². The number of hydrogen-bond donors (Lipinski definition) is 1. The number of allylic oxidation sites excluding steroid dienone is 1. The summed E-state index contributed by atoms with van der Waals surface area (Å²) >= 11 is 0. The number of aromatic nitrogens is 1. The molecule has 2 rings (SSSR count). The zero-order chi connectivity index (χ0) is 11.1. The van der Waals surface area contributed by atoms with Crippen molar-refractivity contribution in [2.45, 2.75) is 38.6 Å². The van der Waals surface area contributed by atoms with Crippen molar-refractivity contribution in [2.75, 3.05) is 6.54 Å². The fourth-order valence-corrected chi connectivity index (χ4v) is 2.10. The summed E-state index contributed by atoms with van der Waals surface area (Å²) in [6, 6.07) is 6.05. The van der Waals surface area contributed by atoms with Crippen LogP contribution >= 0.6 is 0 Å². The third-order valence-corrected chi connectivity index (χ3v) is 3.04. The van der Waals surface area contributed by atoms with Crippen LogP contribution in [0, 0.1) is 0 Å². The van der Waals surface area contributed by atoms with Crippen LogP contribution in [0.3, 0.4) is 0 Å². The van der Waals surface area contributed by atoms with Crippen LogP contribution in [0.4, 0.5) is 0 Å². The van der Waals surface area contributed by atoms with Crippen molar-refractivity contribution in [1.82, 2.24) is 10.3 Å². The first kappa shape index (κ1) is 11.3. The highest BCUT2D eigenvalue weighted by molar-refractivity contribution is 5.06. The molecule has 0 saturated heterocycles. The summed E-state index contributed by atoms with van der Waals surface area (Å²) in [5, 5.41) is 3.45. The molecule has 0 aromatic carbocycles. The number of nitrogens with one attached hydrogen (secondary N) is 1. The molecule has 2 heteroatoms. The lowest BCUT2D eigenvalue weighted by atomic mass is 9.97. The first-order valence-corrected chi connectivity index (χ1v) is 6.24. The van der Waals surface area contributed by atoms with E-state index < -0.39 is 0 Å². The van der Waals surface area contributed by atoms with Crippen molar-refractivity contribution in [1.29, 1.82) is 0 Å². The monoisotopic (exact) mass is 216 g/mol.